The van der Waals surface area contributed by atoms with Gasteiger partial charge in [0.05, 0.1) is 4.47 Å². The molecule has 1 heterocycles. The minimum Gasteiger partial charge on any atom is -0.486 e. The molecule has 1 saturated carbocycles. The van der Waals surface area contributed by atoms with Crippen LogP contribution in [0, 0.1) is 0 Å². The maximum atomic E-state index is 6.17. The average Bonchev–Trinajstić information content (AvgIpc) is 2.74. The molecule has 1 aromatic rings. The lowest BCUT2D eigenvalue weighted by molar-refractivity contribution is 0.137. The van der Waals surface area contributed by atoms with Gasteiger partial charge >= 0.3 is 0 Å². The van der Waals surface area contributed by atoms with Gasteiger partial charge in [-0.3, -0.25) is 0 Å². The van der Waals surface area contributed by atoms with Crippen LogP contribution in [0.3, 0.4) is 0 Å². The van der Waals surface area contributed by atoms with Gasteiger partial charge in [0.2, 0.25) is 0 Å². The van der Waals surface area contributed by atoms with Crippen LogP contribution in [0.2, 0.25) is 0 Å². The molecule has 0 aromatic heterocycles. The third-order valence-electron chi connectivity index (χ3n) is 4.93. The summed E-state index contributed by atoms with van der Waals surface area (Å²) in [6, 6.07) is 4.60. The molecule has 0 amide bonds. The Morgan fingerprint density at radius 3 is 2.55 bits per heavy atom. The van der Waals surface area contributed by atoms with Crippen molar-refractivity contribution >= 4 is 15.9 Å². The SMILES string of the molecule is CC1(C)Cc2cc(C3(CN)CCCCC3)cc(Br)c2O1. The molecule has 1 fully saturated rings. The highest BCUT2D eigenvalue weighted by Crippen LogP contribution is 2.46. The van der Waals surface area contributed by atoms with E-state index in [0.717, 1.165) is 23.2 Å². The summed E-state index contributed by atoms with van der Waals surface area (Å²) in [6.07, 6.45) is 7.37. The molecule has 2 N–H and O–H groups in total. The molecule has 0 bridgehead atoms. The molecular formula is C17H24BrNO. The first-order chi connectivity index (χ1) is 9.46. The molecule has 0 spiro atoms. The second kappa shape index (κ2) is 5.03. The van der Waals surface area contributed by atoms with Crippen molar-refractivity contribution in [2.75, 3.05) is 6.54 Å². The summed E-state index contributed by atoms with van der Waals surface area (Å²) in [7, 11) is 0. The summed E-state index contributed by atoms with van der Waals surface area (Å²) in [5.41, 5.74) is 9.00. The Morgan fingerprint density at radius 1 is 1.20 bits per heavy atom. The molecule has 20 heavy (non-hydrogen) atoms. The van der Waals surface area contributed by atoms with Crippen molar-refractivity contribution < 1.29 is 4.74 Å². The van der Waals surface area contributed by atoms with Gasteiger partial charge in [-0.05, 0) is 59.8 Å². The highest BCUT2D eigenvalue weighted by molar-refractivity contribution is 9.10. The number of nitrogens with two attached hydrogens (primary N) is 1. The second-order valence-electron chi connectivity index (χ2n) is 7.03. The molecule has 110 valence electrons. The predicted octanol–water partition coefficient (Wildman–Crippen LogP) is 4.32. The topological polar surface area (TPSA) is 35.2 Å². The Hall–Kier alpha value is -0.540. The van der Waals surface area contributed by atoms with Crippen molar-refractivity contribution in [2.24, 2.45) is 5.73 Å². The van der Waals surface area contributed by atoms with Crippen molar-refractivity contribution in [2.45, 2.75) is 63.4 Å². The molecule has 3 rings (SSSR count). The Labute approximate surface area is 130 Å². The number of rotatable bonds is 2. The maximum Gasteiger partial charge on any atom is 0.137 e. The van der Waals surface area contributed by atoms with Gasteiger partial charge in [-0.2, -0.15) is 0 Å². The van der Waals surface area contributed by atoms with E-state index in [4.69, 9.17) is 10.5 Å². The van der Waals surface area contributed by atoms with Crippen LogP contribution in [0.4, 0.5) is 0 Å². The van der Waals surface area contributed by atoms with Gasteiger partial charge in [0.1, 0.15) is 11.4 Å². The van der Waals surface area contributed by atoms with E-state index in [9.17, 15) is 0 Å². The Balaban J connectivity index is 2.02. The molecule has 1 aromatic carbocycles. The molecule has 0 radical (unpaired) electrons. The van der Waals surface area contributed by atoms with E-state index in [1.165, 1.54) is 43.2 Å². The van der Waals surface area contributed by atoms with Crippen LogP contribution < -0.4 is 10.5 Å². The number of hydrogen-bond donors (Lipinski definition) is 1. The van der Waals surface area contributed by atoms with E-state index in [0.29, 0.717) is 0 Å². The monoisotopic (exact) mass is 337 g/mol. The standard InChI is InChI=1S/C17H24BrNO/c1-16(2)10-12-8-13(9-14(18)15(12)20-16)17(11-19)6-4-3-5-7-17/h8-9H,3-7,10-11,19H2,1-2H3. The Bertz CT molecular complexity index is 518. The third-order valence-corrected chi connectivity index (χ3v) is 5.52. The quantitative estimate of drug-likeness (QED) is 0.871. The highest BCUT2D eigenvalue weighted by Gasteiger charge is 2.37. The van der Waals surface area contributed by atoms with Gasteiger partial charge in [-0.1, -0.05) is 25.3 Å². The van der Waals surface area contributed by atoms with Crippen LogP contribution in [-0.4, -0.2) is 12.1 Å². The fourth-order valence-electron chi connectivity index (χ4n) is 3.81. The summed E-state index contributed by atoms with van der Waals surface area (Å²) >= 11 is 3.70. The number of benzene rings is 1. The van der Waals surface area contributed by atoms with Gasteiger partial charge in [0, 0.05) is 18.4 Å². The molecule has 2 nitrogen and oxygen atoms in total. The minimum absolute atomic E-state index is 0.0913. The molecule has 1 aliphatic carbocycles. The second-order valence-corrected chi connectivity index (χ2v) is 7.88. The lowest BCUT2D eigenvalue weighted by Crippen LogP contribution is -2.37. The normalized spacial score (nSPS) is 23.2. The van der Waals surface area contributed by atoms with E-state index in [1.54, 1.807) is 0 Å². The first-order valence-electron chi connectivity index (χ1n) is 7.68. The minimum atomic E-state index is -0.0913. The summed E-state index contributed by atoms with van der Waals surface area (Å²) in [5, 5.41) is 0. The van der Waals surface area contributed by atoms with Gasteiger partial charge in [0.25, 0.3) is 0 Å². The van der Waals surface area contributed by atoms with Crippen molar-refractivity contribution in [3.8, 4) is 5.75 Å². The molecule has 0 atom stereocenters. The van der Waals surface area contributed by atoms with Crippen molar-refractivity contribution in [1.29, 1.82) is 0 Å². The number of ether oxygens (including phenoxy) is 1. The van der Waals surface area contributed by atoms with Crippen molar-refractivity contribution in [3.63, 3.8) is 0 Å². The zero-order valence-corrected chi connectivity index (χ0v) is 14.1. The Kier molecular flexibility index (Phi) is 3.62. The van der Waals surface area contributed by atoms with Gasteiger partial charge in [-0.25, -0.2) is 0 Å². The largest absolute Gasteiger partial charge is 0.486 e. The van der Waals surface area contributed by atoms with E-state index in [2.05, 4.69) is 41.9 Å². The summed E-state index contributed by atoms with van der Waals surface area (Å²) in [5.74, 6) is 1.03. The highest BCUT2D eigenvalue weighted by atomic mass is 79.9. The number of fused-ring (bicyclic) bond motifs is 1. The smallest absolute Gasteiger partial charge is 0.137 e. The first kappa shape index (κ1) is 14.4. The number of halogens is 1. The molecule has 0 saturated heterocycles. The van der Waals surface area contributed by atoms with E-state index < -0.39 is 0 Å². The predicted molar refractivity (Wildman–Crippen MR) is 86.4 cm³/mol. The van der Waals surface area contributed by atoms with Crippen LogP contribution in [0.25, 0.3) is 0 Å². The summed E-state index contributed by atoms with van der Waals surface area (Å²) in [4.78, 5) is 0. The molecule has 0 unspecified atom stereocenters. The third kappa shape index (κ3) is 2.39. The van der Waals surface area contributed by atoms with Crippen LogP contribution in [-0.2, 0) is 11.8 Å². The van der Waals surface area contributed by atoms with Crippen LogP contribution in [0.5, 0.6) is 5.75 Å². The molecule has 2 aliphatic rings. The number of hydrogen-bond acceptors (Lipinski definition) is 2. The summed E-state index contributed by atoms with van der Waals surface area (Å²) < 4.78 is 7.15. The lowest BCUT2D eigenvalue weighted by atomic mass is 9.69. The molecule has 1 aliphatic heterocycles. The lowest BCUT2D eigenvalue weighted by Gasteiger charge is -2.37. The van der Waals surface area contributed by atoms with Crippen LogP contribution in [0.15, 0.2) is 16.6 Å². The van der Waals surface area contributed by atoms with Crippen LogP contribution >= 0.6 is 15.9 Å². The van der Waals surface area contributed by atoms with E-state index in [1.807, 2.05) is 0 Å². The van der Waals surface area contributed by atoms with Crippen LogP contribution in [0.1, 0.15) is 57.1 Å². The molecular weight excluding hydrogens is 314 g/mol. The van der Waals surface area contributed by atoms with Crippen molar-refractivity contribution in [3.05, 3.63) is 27.7 Å². The maximum absolute atomic E-state index is 6.17. The van der Waals surface area contributed by atoms with Gasteiger partial charge in [-0.15, -0.1) is 0 Å². The van der Waals surface area contributed by atoms with Gasteiger partial charge < -0.3 is 10.5 Å². The zero-order chi connectivity index (χ0) is 14.4. The van der Waals surface area contributed by atoms with E-state index in [-0.39, 0.29) is 11.0 Å². The van der Waals surface area contributed by atoms with E-state index >= 15 is 0 Å². The fourth-order valence-corrected chi connectivity index (χ4v) is 4.39. The first-order valence-corrected chi connectivity index (χ1v) is 8.47. The van der Waals surface area contributed by atoms with Crippen molar-refractivity contribution in [1.82, 2.24) is 0 Å². The van der Waals surface area contributed by atoms with Gasteiger partial charge in [0.15, 0.2) is 0 Å². The fraction of sp³-hybridized carbons (Fsp3) is 0.647. The molecule has 3 heteroatoms. The summed E-state index contributed by atoms with van der Waals surface area (Å²) in [6.45, 7) is 5.05. The Morgan fingerprint density at radius 2 is 1.90 bits per heavy atom. The zero-order valence-electron chi connectivity index (χ0n) is 12.5. The average molecular weight is 338 g/mol.